The van der Waals surface area contributed by atoms with Crippen molar-refractivity contribution in [2.45, 2.75) is 11.4 Å². The lowest BCUT2D eigenvalue weighted by atomic mass is 10.2. The Morgan fingerprint density at radius 1 is 1.00 bits per heavy atom. The molecule has 178 valence electrons. The fraction of sp³-hybridized carbons (Fsp3) is 0.0435. The molecule has 1 fully saturated rings. The molecular weight excluding hydrogens is 516 g/mol. The highest BCUT2D eigenvalue weighted by molar-refractivity contribution is 8.18. The Bertz CT molecular complexity index is 1470. The molecule has 9 nitrogen and oxygen atoms in total. The number of nitrogens with zero attached hydrogens (tertiary/aromatic N) is 2. The molecule has 4 rings (SSSR count). The highest BCUT2D eigenvalue weighted by Crippen LogP contribution is 2.36. The number of carbonyl (C=O) groups excluding carboxylic acids is 2. The molecule has 1 heterocycles. The maximum atomic E-state index is 12.9. The average Bonchev–Trinajstić information content (AvgIpc) is 3.09. The topological polar surface area (TPSA) is 124 Å². The molecule has 1 saturated heterocycles. The molecule has 0 atom stereocenters. The molecule has 1 aliphatic rings. The van der Waals surface area contributed by atoms with E-state index in [1.54, 1.807) is 36.4 Å². The summed E-state index contributed by atoms with van der Waals surface area (Å²) in [7, 11) is -4.33. The molecule has 3 aromatic rings. The fourth-order valence-electron chi connectivity index (χ4n) is 3.15. The number of benzene rings is 3. The van der Waals surface area contributed by atoms with Crippen LogP contribution in [0, 0.1) is 10.1 Å². The van der Waals surface area contributed by atoms with Gasteiger partial charge in [0, 0.05) is 22.7 Å². The van der Waals surface area contributed by atoms with E-state index in [0.29, 0.717) is 22.3 Å². The fourth-order valence-corrected chi connectivity index (χ4v) is 5.13. The van der Waals surface area contributed by atoms with Gasteiger partial charge in [-0.3, -0.25) is 24.6 Å². The lowest BCUT2D eigenvalue weighted by Crippen LogP contribution is -2.27. The molecule has 3 aromatic carbocycles. The van der Waals surface area contributed by atoms with Crippen molar-refractivity contribution >= 4 is 56.4 Å². The molecule has 0 bridgehead atoms. The van der Waals surface area contributed by atoms with Crippen LogP contribution in [0.4, 0.5) is 10.5 Å². The van der Waals surface area contributed by atoms with Crippen LogP contribution in [-0.2, 0) is 21.5 Å². The number of nitro benzene ring substituents is 1. The second kappa shape index (κ2) is 9.90. The monoisotopic (exact) mass is 530 g/mol. The summed E-state index contributed by atoms with van der Waals surface area (Å²) in [6.07, 6.45) is 1.37. The van der Waals surface area contributed by atoms with Crippen LogP contribution >= 0.6 is 23.4 Å². The van der Waals surface area contributed by atoms with Gasteiger partial charge >= 0.3 is 10.1 Å². The quantitative estimate of drug-likeness (QED) is 0.175. The van der Waals surface area contributed by atoms with E-state index in [-0.39, 0.29) is 33.3 Å². The third kappa shape index (κ3) is 5.37. The summed E-state index contributed by atoms with van der Waals surface area (Å²) in [6, 6.07) is 17.2. The second-order valence-corrected chi connectivity index (χ2v) is 10.1. The van der Waals surface area contributed by atoms with Gasteiger partial charge in [-0.15, -0.1) is 0 Å². The molecule has 2 amide bonds. The SMILES string of the molecule is O=C1S/C(=C\c2ccccc2OS(=O)(=O)c2ccc([N+](=O)[O-])cc2)C(=O)N1Cc1ccccc1Cl. The molecule has 0 aromatic heterocycles. The van der Waals surface area contributed by atoms with Crippen molar-refractivity contribution in [2.75, 3.05) is 0 Å². The summed E-state index contributed by atoms with van der Waals surface area (Å²) in [5.41, 5.74) is 0.591. The second-order valence-electron chi connectivity index (χ2n) is 7.19. The molecule has 35 heavy (non-hydrogen) atoms. The summed E-state index contributed by atoms with van der Waals surface area (Å²) in [4.78, 5) is 36.4. The van der Waals surface area contributed by atoms with Crippen LogP contribution in [0.2, 0.25) is 5.02 Å². The normalized spacial score (nSPS) is 15.0. The first-order valence-electron chi connectivity index (χ1n) is 9.92. The van der Waals surface area contributed by atoms with Gasteiger partial charge < -0.3 is 4.18 Å². The van der Waals surface area contributed by atoms with Gasteiger partial charge in [-0.05, 0) is 47.7 Å². The summed E-state index contributed by atoms with van der Waals surface area (Å²) >= 11 is 6.86. The zero-order chi connectivity index (χ0) is 25.2. The minimum absolute atomic E-state index is 0.00561. The van der Waals surface area contributed by atoms with Crippen molar-refractivity contribution in [2.24, 2.45) is 0 Å². The summed E-state index contributed by atoms with van der Waals surface area (Å²) in [5.74, 6) is -0.628. The smallest absolute Gasteiger partial charge is 0.339 e. The lowest BCUT2D eigenvalue weighted by molar-refractivity contribution is -0.384. The summed E-state index contributed by atoms with van der Waals surface area (Å²) in [6.45, 7) is -0.00561. The van der Waals surface area contributed by atoms with Crippen molar-refractivity contribution in [3.05, 3.63) is 104 Å². The zero-order valence-corrected chi connectivity index (χ0v) is 20.0. The Hall–Kier alpha value is -3.67. The molecule has 1 aliphatic heterocycles. The Morgan fingerprint density at radius 3 is 2.34 bits per heavy atom. The first-order chi connectivity index (χ1) is 16.7. The van der Waals surface area contributed by atoms with E-state index < -0.39 is 26.2 Å². The summed E-state index contributed by atoms with van der Waals surface area (Å²) in [5, 5.41) is 10.7. The van der Waals surface area contributed by atoms with E-state index in [9.17, 15) is 28.1 Å². The average molecular weight is 531 g/mol. The van der Waals surface area contributed by atoms with E-state index in [1.807, 2.05) is 0 Å². The first-order valence-corrected chi connectivity index (χ1v) is 12.5. The maximum Gasteiger partial charge on any atom is 0.339 e. The van der Waals surface area contributed by atoms with Crippen LogP contribution in [-0.4, -0.2) is 29.4 Å². The molecule has 12 heteroatoms. The van der Waals surface area contributed by atoms with Gasteiger partial charge in [-0.25, -0.2) is 0 Å². The van der Waals surface area contributed by atoms with Gasteiger partial charge in [0.1, 0.15) is 10.6 Å². The summed E-state index contributed by atoms with van der Waals surface area (Å²) < 4.78 is 30.7. The van der Waals surface area contributed by atoms with E-state index in [2.05, 4.69) is 0 Å². The van der Waals surface area contributed by atoms with Crippen LogP contribution in [0.1, 0.15) is 11.1 Å². The van der Waals surface area contributed by atoms with Crippen LogP contribution in [0.3, 0.4) is 0 Å². The van der Waals surface area contributed by atoms with Gasteiger partial charge in [0.25, 0.3) is 16.8 Å². The number of hydrogen-bond donors (Lipinski definition) is 0. The van der Waals surface area contributed by atoms with Crippen LogP contribution in [0.5, 0.6) is 5.75 Å². The number of halogens is 1. The molecule has 0 aliphatic carbocycles. The Labute approximate surface area is 209 Å². The van der Waals surface area contributed by atoms with E-state index in [0.717, 1.165) is 29.2 Å². The Morgan fingerprint density at radius 2 is 1.66 bits per heavy atom. The number of rotatable bonds is 7. The van der Waals surface area contributed by atoms with Crippen molar-refractivity contribution in [3.63, 3.8) is 0 Å². The highest BCUT2D eigenvalue weighted by Gasteiger charge is 2.35. The van der Waals surface area contributed by atoms with Crippen molar-refractivity contribution in [3.8, 4) is 5.75 Å². The number of carbonyl (C=O) groups is 2. The van der Waals surface area contributed by atoms with E-state index in [4.69, 9.17) is 15.8 Å². The number of amides is 2. The van der Waals surface area contributed by atoms with E-state index in [1.165, 1.54) is 18.2 Å². The molecule has 0 unspecified atom stereocenters. The molecule has 0 N–H and O–H groups in total. The molecular formula is C23H15ClN2O7S2. The van der Waals surface area contributed by atoms with Gasteiger partial charge in [0.2, 0.25) is 0 Å². The largest absolute Gasteiger partial charge is 0.378 e. The molecule has 0 spiro atoms. The Kier molecular flexibility index (Phi) is 6.92. The Balaban J connectivity index is 1.59. The van der Waals surface area contributed by atoms with Crippen molar-refractivity contribution in [1.82, 2.24) is 4.90 Å². The number of nitro groups is 1. The van der Waals surface area contributed by atoms with Crippen LogP contribution < -0.4 is 4.18 Å². The van der Waals surface area contributed by atoms with E-state index >= 15 is 0 Å². The predicted octanol–water partition coefficient (Wildman–Crippen LogP) is 5.25. The first kappa shape index (κ1) is 24.5. The number of non-ortho nitro benzene ring substituents is 1. The van der Waals surface area contributed by atoms with Crippen LogP contribution in [0.25, 0.3) is 6.08 Å². The lowest BCUT2D eigenvalue weighted by Gasteiger charge is -2.13. The third-order valence-corrected chi connectivity index (χ3v) is 7.43. The van der Waals surface area contributed by atoms with Gasteiger partial charge in [-0.2, -0.15) is 8.42 Å². The van der Waals surface area contributed by atoms with Gasteiger partial charge in [-0.1, -0.05) is 48.0 Å². The van der Waals surface area contributed by atoms with Crippen molar-refractivity contribution in [1.29, 1.82) is 0 Å². The minimum atomic E-state index is -4.33. The number of imide groups is 1. The van der Waals surface area contributed by atoms with Crippen LogP contribution in [0.15, 0.2) is 82.6 Å². The maximum absolute atomic E-state index is 12.9. The number of para-hydroxylation sites is 1. The predicted molar refractivity (Wildman–Crippen MR) is 130 cm³/mol. The third-order valence-electron chi connectivity index (χ3n) is 4.90. The highest BCUT2D eigenvalue weighted by atomic mass is 35.5. The standard InChI is InChI=1S/C23H15ClN2O7S2/c24-19-7-3-1-6-16(19)14-25-22(27)21(34-23(25)28)13-15-5-2-4-8-20(15)33-35(31,32)18-11-9-17(10-12-18)26(29)30/h1-13H,14H2/b21-13-. The molecule has 0 saturated carbocycles. The number of thioether (sulfide) groups is 1. The van der Waals surface area contributed by atoms with Gasteiger partial charge in [0.15, 0.2) is 0 Å². The zero-order valence-electron chi connectivity index (χ0n) is 17.7. The van der Waals surface area contributed by atoms with Crippen molar-refractivity contribution < 1.29 is 27.1 Å². The number of hydrogen-bond acceptors (Lipinski definition) is 8. The molecule has 0 radical (unpaired) electrons. The van der Waals surface area contributed by atoms with Gasteiger partial charge in [0.05, 0.1) is 16.4 Å². The minimum Gasteiger partial charge on any atom is -0.378 e.